The van der Waals surface area contributed by atoms with Crippen LogP contribution in [-0.2, 0) is 12.3 Å². The van der Waals surface area contributed by atoms with Crippen molar-refractivity contribution >= 4 is 29.3 Å². The standard InChI is InChI=1S/C21H17ClFNOS/c22-18-7-11-20(12-8-18)26-14-16-1-5-17(6-2-16)21(25)24-13-15-3-9-19(23)10-4-15/h1-12H,13-14H2,(H,24,25). The summed E-state index contributed by atoms with van der Waals surface area (Å²) >= 11 is 7.60. The molecule has 132 valence electrons. The van der Waals surface area contributed by atoms with Crippen molar-refractivity contribution in [1.29, 1.82) is 0 Å². The summed E-state index contributed by atoms with van der Waals surface area (Å²) in [7, 11) is 0. The molecule has 3 aromatic rings. The van der Waals surface area contributed by atoms with Gasteiger partial charge in [0.2, 0.25) is 0 Å². The Labute approximate surface area is 161 Å². The van der Waals surface area contributed by atoms with Gasteiger partial charge in [0.1, 0.15) is 5.82 Å². The Balaban J connectivity index is 1.52. The van der Waals surface area contributed by atoms with Crippen molar-refractivity contribution in [1.82, 2.24) is 5.32 Å². The zero-order chi connectivity index (χ0) is 18.4. The molecular formula is C21H17ClFNOS. The van der Waals surface area contributed by atoms with Gasteiger partial charge in [0.05, 0.1) is 0 Å². The van der Waals surface area contributed by atoms with Crippen molar-refractivity contribution in [3.8, 4) is 0 Å². The van der Waals surface area contributed by atoms with Crippen molar-refractivity contribution in [3.05, 3.63) is 100 Å². The lowest BCUT2D eigenvalue weighted by Gasteiger charge is -2.07. The lowest BCUT2D eigenvalue weighted by Crippen LogP contribution is -2.22. The molecule has 0 aromatic heterocycles. The largest absolute Gasteiger partial charge is 0.348 e. The van der Waals surface area contributed by atoms with E-state index in [4.69, 9.17) is 11.6 Å². The van der Waals surface area contributed by atoms with Crippen molar-refractivity contribution in [3.63, 3.8) is 0 Å². The van der Waals surface area contributed by atoms with Gasteiger partial charge in [-0.2, -0.15) is 0 Å². The smallest absolute Gasteiger partial charge is 0.251 e. The number of carbonyl (C=O) groups is 1. The maximum atomic E-state index is 12.9. The second-order valence-electron chi connectivity index (χ2n) is 5.75. The number of carbonyl (C=O) groups excluding carboxylic acids is 1. The predicted octanol–water partition coefficient (Wildman–Crippen LogP) is 5.70. The minimum atomic E-state index is -0.285. The molecule has 0 aliphatic carbocycles. The fraction of sp³-hybridized carbons (Fsp3) is 0.0952. The summed E-state index contributed by atoms with van der Waals surface area (Å²) in [5.41, 5.74) is 2.60. The van der Waals surface area contributed by atoms with E-state index in [0.29, 0.717) is 12.1 Å². The lowest BCUT2D eigenvalue weighted by atomic mass is 10.1. The molecule has 0 aliphatic rings. The summed E-state index contributed by atoms with van der Waals surface area (Å²) in [6.07, 6.45) is 0. The first-order valence-electron chi connectivity index (χ1n) is 8.10. The Morgan fingerprint density at radius 1 is 0.885 bits per heavy atom. The molecule has 1 amide bonds. The summed E-state index contributed by atoms with van der Waals surface area (Å²) in [5, 5.41) is 3.57. The second kappa shape index (κ2) is 8.88. The fourth-order valence-electron chi connectivity index (χ4n) is 2.34. The first kappa shape index (κ1) is 18.5. The van der Waals surface area contributed by atoms with Gasteiger partial charge in [-0.25, -0.2) is 4.39 Å². The number of benzene rings is 3. The molecule has 0 aliphatic heterocycles. The highest BCUT2D eigenvalue weighted by Crippen LogP contribution is 2.24. The Bertz CT molecular complexity index is 864. The quantitative estimate of drug-likeness (QED) is 0.551. The third kappa shape index (κ3) is 5.35. The number of thioether (sulfide) groups is 1. The number of hydrogen-bond acceptors (Lipinski definition) is 2. The van der Waals surface area contributed by atoms with E-state index in [1.807, 2.05) is 48.5 Å². The molecule has 2 nitrogen and oxygen atoms in total. The van der Waals surface area contributed by atoms with E-state index in [0.717, 1.165) is 26.8 Å². The van der Waals surface area contributed by atoms with E-state index in [2.05, 4.69) is 5.32 Å². The average molecular weight is 386 g/mol. The van der Waals surface area contributed by atoms with Crippen LogP contribution < -0.4 is 5.32 Å². The normalized spacial score (nSPS) is 10.5. The Kier molecular flexibility index (Phi) is 6.31. The third-order valence-corrected chi connectivity index (χ3v) is 5.14. The molecule has 0 radical (unpaired) electrons. The van der Waals surface area contributed by atoms with Crippen LogP contribution in [0.25, 0.3) is 0 Å². The average Bonchev–Trinajstić information content (AvgIpc) is 2.67. The van der Waals surface area contributed by atoms with Gasteiger partial charge in [-0.3, -0.25) is 4.79 Å². The second-order valence-corrected chi connectivity index (χ2v) is 7.23. The molecule has 0 heterocycles. The molecule has 0 saturated carbocycles. The minimum Gasteiger partial charge on any atom is -0.348 e. The van der Waals surface area contributed by atoms with Gasteiger partial charge < -0.3 is 5.32 Å². The molecule has 3 rings (SSSR count). The van der Waals surface area contributed by atoms with Crippen LogP contribution in [0, 0.1) is 5.82 Å². The maximum Gasteiger partial charge on any atom is 0.251 e. The molecular weight excluding hydrogens is 369 g/mol. The van der Waals surface area contributed by atoms with Gasteiger partial charge in [0.15, 0.2) is 0 Å². The number of halogens is 2. The van der Waals surface area contributed by atoms with Crippen molar-refractivity contribution in [2.75, 3.05) is 0 Å². The SMILES string of the molecule is O=C(NCc1ccc(F)cc1)c1ccc(CSc2ccc(Cl)cc2)cc1. The first-order valence-corrected chi connectivity index (χ1v) is 9.46. The molecule has 3 aromatic carbocycles. The van der Waals surface area contributed by atoms with Crippen LogP contribution in [0.4, 0.5) is 4.39 Å². The minimum absolute atomic E-state index is 0.147. The zero-order valence-electron chi connectivity index (χ0n) is 13.9. The molecule has 0 spiro atoms. The Morgan fingerprint density at radius 2 is 1.50 bits per heavy atom. The summed E-state index contributed by atoms with van der Waals surface area (Å²) in [5.74, 6) is 0.386. The van der Waals surface area contributed by atoms with E-state index in [1.165, 1.54) is 12.1 Å². The van der Waals surface area contributed by atoms with E-state index >= 15 is 0 Å². The molecule has 0 bridgehead atoms. The van der Waals surface area contributed by atoms with Crippen LogP contribution in [0.1, 0.15) is 21.5 Å². The first-order chi connectivity index (χ1) is 12.6. The Morgan fingerprint density at radius 3 is 2.15 bits per heavy atom. The van der Waals surface area contributed by atoms with Crippen LogP contribution in [-0.4, -0.2) is 5.91 Å². The van der Waals surface area contributed by atoms with Gasteiger partial charge in [0, 0.05) is 27.8 Å². The summed E-state index contributed by atoms with van der Waals surface area (Å²) in [6, 6.07) is 21.4. The molecule has 0 unspecified atom stereocenters. The van der Waals surface area contributed by atoms with Crippen LogP contribution in [0.3, 0.4) is 0 Å². The fourth-order valence-corrected chi connectivity index (χ4v) is 3.32. The topological polar surface area (TPSA) is 29.1 Å². The van der Waals surface area contributed by atoms with Gasteiger partial charge >= 0.3 is 0 Å². The molecule has 0 atom stereocenters. The molecule has 0 fully saturated rings. The summed E-state index contributed by atoms with van der Waals surface area (Å²) in [6.45, 7) is 0.368. The number of nitrogens with one attached hydrogen (secondary N) is 1. The number of amides is 1. The van der Waals surface area contributed by atoms with E-state index in [9.17, 15) is 9.18 Å². The summed E-state index contributed by atoms with van der Waals surface area (Å²) in [4.78, 5) is 13.4. The highest BCUT2D eigenvalue weighted by atomic mass is 35.5. The summed E-state index contributed by atoms with van der Waals surface area (Å²) < 4.78 is 12.9. The number of rotatable bonds is 6. The monoisotopic (exact) mass is 385 g/mol. The van der Waals surface area contributed by atoms with Gasteiger partial charge in [0.25, 0.3) is 5.91 Å². The van der Waals surface area contributed by atoms with Crippen molar-refractivity contribution in [2.45, 2.75) is 17.2 Å². The van der Waals surface area contributed by atoms with Crippen molar-refractivity contribution < 1.29 is 9.18 Å². The molecule has 1 N–H and O–H groups in total. The van der Waals surface area contributed by atoms with Gasteiger partial charge in [-0.1, -0.05) is 35.9 Å². The molecule has 26 heavy (non-hydrogen) atoms. The third-order valence-electron chi connectivity index (χ3n) is 3.80. The van der Waals surface area contributed by atoms with E-state index in [-0.39, 0.29) is 11.7 Å². The molecule has 5 heteroatoms. The zero-order valence-corrected chi connectivity index (χ0v) is 15.5. The van der Waals surface area contributed by atoms with E-state index in [1.54, 1.807) is 23.9 Å². The van der Waals surface area contributed by atoms with Gasteiger partial charge in [-0.05, 0) is 59.7 Å². The highest BCUT2D eigenvalue weighted by molar-refractivity contribution is 7.98. The van der Waals surface area contributed by atoms with Crippen LogP contribution >= 0.6 is 23.4 Å². The van der Waals surface area contributed by atoms with Crippen LogP contribution in [0.2, 0.25) is 5.02 Å². The predicted molar refractivity (Wildman–Crippen MR) is 105 cm³/mol. The Hall–Kier alpha value is -2.30. The van der Waals surface area contributed by atoms with Crippen molar-refractivity contribution in [2.24, 2.45) is 0 Å². The molecule has 0 saturated heterocycles. The van der Waals surface area contributed by atoms with Crippen LogP contribution in [0.15, 0.2) is 77.7 Å². The maximum absolute atomic E-state index is 12.9. The number of hydrogen-bond donors (Lipinski definition) is 1. The lowest BCUT2D eigenvalue weighted by molar-refractivity contribution is 0.0951. The van der Waals surface area contributed by atoms with Gasteiger partial charge in [-0.15, -0.1) is 11.8 Å². The van der Waals surface area contributed by atoms with E-state index < -0.39 is 0 Å². The highest BCUT2D eigenvalue weighted by Gasteiger charge is 2.06. The van der Waals surface area contributed by atoms with Crippen LogP contribution in [0.5, 0.6) is 0 Å².